The van der Waals surface area contributed by atoms with Crippen LogP contribution in [0.1, 0.15) is 0 Å². The van der Waals surface area contributed by atoms with E-state index in [1.54, 1.807) is 0 Å². The number of quaternary nitrogens is 1. The van der Waals surface area contributed by atoms with Gasteiger partial charge in [-0.15, -0.1) is 0 Å². The molecule has 0 atom stereocenters. The van der Waals surface area contributed by atoms with Crippen LogP contribution < -0.4 is 6.15 Å². The van der Waals surface area contributed by atoms with Gasteiger partial charge in [0.2, 0.25) is 0 Å². The molecular weight excluding hydrogens is 210 g/mol. The van der Waals surface area contributed by atoms with Crippen molar-refractivity contribution in [3.63, 3.8) is 0 Å². The van der Waals surface area contributed by atoms with E-state index in [2.05, 4.69) is 0 Å². The summed E-state index contributed by atoms with van der Waals surface area (Å²) in [5, 5.41) is 14.8. The van der Waals surface area contributed by atoms with Crippen LogP contribution in [0.15, 0.2) is 0 Å². The number of rotatable bonds is 0. The summed E-state index contributed by atoms with van der Waals surface area (Å²) in [5.41, 5.74) is 0. The molecule has 0 bridgehead atoms. The maximum absolute atomic E-state index is 8.88. The number of hydrogen-bond acceptors (Lipinski definition) is 4. The molecule has 7 N–H and O–H groups in total. The quantitative estimate of drug-likeness (QED) is 0.170. The van der Waals surface area contributed by atoms with Gasteiger partial charge in [0.05, 0.1) is 5.09 Å². The third-order valence-corrected chi connectivity index (χ3v) is 0. The Morgan fingerprint density at radius 2 is 1.18 bits per heavy atom. The normalized spacial score (nSPS) is 7.55. The molecule has 9 nitrogen and oxygen atoms in total. The Morgan fingerprint density at radius 3 is 1.18 bits per heavy atom. The van der Waals surface area contributed by atoms with Crippen molar-refractivity contribution in [1.82, 2.24) is 6.15 Å². The molecule has 0 rings (SSSR count). The number of phosphoric acid groups is 1. The van der Waals surface area contributed by atoms with E-state index >= 15 is 0 Å². The van der Waals surface area contributed by atoms with E-state index in [0.29, 0.717) is 0 Å². The minimum Gasteiger partial charge on any atom is -0.369 e. The summed E-state index contributed by atoms with van der Waals surface area (Å²) in [6, 6.07) is 0. The molecule has 0 aliphatic rings. The molecule has 65 valence electrons. The molecule has 0 aromatic heterocycles. The van der Waals surface area contributed by atoms with E-state index in [9.17, 15) is 0 Å². The Morgan fingerprint density at radius 1 is 1.18 bits per heavy atom. The van der Waals surface area contributed by atoms with E-state index in [0.717, 1.165) is 0 Å². The van der Waals surface area contributed by atoms with Crippen LogP contribution in [-0.4, -0.2) is 71.2 Å². The molecule has 0 fully saturated rings. The monoisotopic (exact) mass is 217 g/mol. The fourth-order valence-electron chi connectivity index (χ4n) is 0. The van der Waals surface area contributed by atoms with Crippen LogP contribution >= 0.6 is 7.82 Å². The van der Waals surface area contributed by atoms with Crippen molar-refractivity contribution in [2.24, 2.45) is 0 Å². The van der Waals surface area contributed by atoms with E-state index in [4.69, 9.17) is 34.6 Å². The van der Waals surface area contributed by atoms with Crippen molar-refractivity contribution >= 4 is 59.2 Å². The second-order valence-electron chi connectivity index (χ2n) is 0.737. The molecule has 0 spiro atoms. The smallest absolute Gasteiger partial charge is 0.369 e. The van der Waals surface area contributed by atoms with Crippen molar-refractivity contribution in [3.8, 4) is 0 Å². The Kier molecular flexibility index (Phi) is 22.5. The summed E-state index contributed by atoms with van der Waals surface area (Å²) in [6.07, 6.45) is 0. The predicted octanol–water partition coefficient (Wildman–Crippen LogP) is -1.17. The van der Waals surface area contributed by atoms with Crippen molar-refractivity contribution < 1.29 is 24.3 Å². The van der Waals surface area contributed by atoms with Gasteiger partial charge in [0.15, 0.2) is 0 Å². The van der Waals surface area contributed by atoms with Gasteiger partial charge in [0, 0.05) is 51.4 Å². The topological polar surface area (TPSA) is 180 Å². The predicted molar refractivity (Wildman–Crippen MR) is 36.4 cm³/mol. The number of hydrogen-bond donors (Lipinski definition) is 4. The summed E-state index contributed by atoms with van der Waals surface area (Å²) < 4.78 is 8.88. The van der Waals surface area contributed by atoms with Gasteiger partial charge < -0.3 is 36.2 Å². The van der Waals surface area contributed by atoms with Crippen LogP contribution in [0.2, 0.25) is 0 Å². The van der Waals surface area contributed by atoms with Gasteiger partial charge in [-0.05, 0) is 0 Å². The first-order valence-corrected chi connectivity index (χ1v) is 2.90. The molecule has 11 heavy (non-hydrogen) atoms. The van der Waals surface area contributed by atoms with E-state index < -0.39 is 12.9 Å². The van der Waals surface area contributed by atoms with Crippen LogP contribution in [0.5, 0.6) is 0 Å². The van der Waals surface area contributed by atoms with Crippen LogP contribution in [0.3, 0.4) is 0 Å². The van der Waals surface area contributed by atoms with Gasteiger partial charge in [-0.3, -0.25) is 0 Å². The minimum absolute atomic E-state index is 0. The minimum atomic E-state index is -4.64. The second kappa shape index (κ2) is 10.9. The van der Waals surface area contributed by atoms with Gasteiger partial charge in [-0.25, -0.2) is 4.57 Å². The molecule has 0 aliphatic carbocycles. The first-order valence-electron chi connectivity index (χ1n) is 1.33. The molecule has 0 aromatic carbocycles. The van der Waals surface area contributed by atoms with Crippen molar-refractivity contribution in [1.29, 1.82) is 0 Å². The van der Waals surface area contributed by atoms with Crippen molar-refractivity contribution in [2.75, 3.05) is 0 Å². The van der Waals surface area contributed by atoms with Crippen molar-refractivity contribution in [2.45, 2.75) is 0 Å². The molecule has 0 unspecified atom stereocenters. The largest absolute Gasteiger partial charge is 0.466 e. The van der Waals surface area contributed by atoms with Crippen LogP contribution in [0.4, 0.5) is 0 Å². The summed E-state index contributed by atoms with van der Waals surface area (Å²) >= 11 is 0. The standard InChI is InChI=1S/K.NO3.H3N.H3O4P/c;2-1(3)4;;1-5(2,3)4/h;;1H3;(H3,1,2,3,4)/q;-1;;/p+1. The Labute approximate surface area is 104 Å². The van der Waals surface area contributed by atoms with E-state index in [1.807, 2.05) is 0 Å². The summed E-state index contributed by atoms with van der Waals surface area (Å²) in [5.74, 6) is 0. The Hall–Kier alpha value is 0.906. The molecule has 1 radical (unpaired) electrons. The van der Waals surface area contributed by atoms with Gasteiger partial charge in [0.25, 0.3) is 0 Å². The molecule has 0 saturated heterocycles. The fraction of sp³-hybridized carbons (Fsp3) is 0. The summed E-state index contributed by atoms with van der Waals surface area (Å²) in [6.45, 7) is 0. The Bertz CT molecular complexity index is 116. The maximum atomic E-state index is 8.88. The molecule has 0 aliphatic heterocycles. The van der Waals surface area contributed by atoms with E-state index in [1.165, 1.54) is 0 Å². The van der Waals surface area contributed by atoms with Crippen LogP contribution in [0.25, 0.3) is 0 Å². The summed E-state index contributed by atoms with van der Waals surface area (Å²) in [4.78, 5) is 29.8. The van der Waals surface area contributed by atoms with Gasteiger partial charge >= 0.3 is 7.82 Å². The zero-order valence-corrected chi connectivity index (χ0v) is 9.89. The zero-order valence-electron chi connectivity index (χ0n) is 5.87. The molecule has 0 amide bonds. The molecule has 0 heterocycles. The average molecular weight is 217 g/mol. The molecule has 0 aromatic rings. The average Bonchev–Trinajstić information content (AvgIpc) is 1.19. The molecule has 0 saturated carbocycles. The molecule has 11 heteroatoms. The van der Waals surface area contributed by atoms with Gasteiger partial charge in [0.1, 0.15) is 0 Å². The molecular formula is H7KN2O7P. The second-order valence-corrected chi connectivity index (χ2v) is 1.76. The van der Waals surface area contributed by atoms with Gasteiger partial charge in [-0.2, -0.15) is 0 Å². The summed E-state index contributed by atoms with van der Waals surface area (Å²) in [7, 11) is -4.64. The van der Waals surface area contributed by atoms with Crippen molar-refractivity contribution in [3.05, 3.63) is 15.3 Å². The SMILES string of the molecule is O=P(O)(O)O.O=[N+]([O-])[O-].[K].[NH4+]. The van der Waals surface area contributed by atoms with Gasteiger partial charge in [-0.1, -0.05) is 0 Å². The third kappa shape index (κ3) is 1050. The third-order valence-electron chi connectivity index (χ3n) is 0. The maximum Gasteiger partial charge on any atom is 0.466 e. The fourth-order valence-corrected chi connectivity index (χ4v) is 0. The van der Waals surface area contributed by atoms with E-state index in [-0.39, 0.29) is 57.5 Å². The van der Waals surface area contributed by atoms with Crippen LogP contribution in [-0.2, 0) is 4.57 Å². The van der Waals surface area contributed by atoms with Crippen LogP contribution in [0, 0.1) is 15.3 Å². The zero-order chi connectivity index (χ0) is 8.08. The first-order chi connectivity index (χ1) is 3.73. The number of nitrogens with zero attached hydrogens (tertiary/aromatic N) is 1. The first kappa shape index (κ1) is 22.7. The Balaban J connectivity index is -0.0000000383.